The Bertz CT molecular complexity index is 776. The highest BCUT2D eigenvalue weighted by Gasteiger charge is 2.27. The maximum atomic E-state index is 13.2. The van der Waals surface area contributed by atoms with E-state index < -0.39 is 17.8 Å². The van der Waals surface area contributed by atoms with E-state index in [0.29, 0.717) is 11.4 Å². The monoisotopic (exact) mass is 386 g/mol. The quantitative estimate of drug-likeness (QED) is 0.309. The molecule has 0 spiro atoms. The van der Waals surface area contributed by atoms with Gasteiger partial charge in [-0.2, -0.15) is 0 Å². The number of carbonyl (C=O) groups is 2. The van der Waals surface area contributed by atoms with Gasteiger partial charge in [-0.3, -0.25) is 0 Å². The van der Waals surface area contributed by atoms with Crippen LogP contribution in [-0.2, 0) is 19.1 Å². The first kappa shape index (κ1) is 21.0. The van der Waals surface area contributed by atoms with Gasteiger partial charge in [0.2, 0.25) is 0 Å². The minimum absolute atomic E-state index is 0.0763. The summed E-state index contributed by atoms with van der Waals surface area (Å²) in [6.07, 6.45) is 0. The molecule has 0 atom stereocenters. The van der Waals surface area contributed by atoms with E-state index in [2.05, 4.69) is 10.6 Å². The Morgan fingerprint density at radius 2 is 1.25 bits per heavy atom. The molecule has 7 heteroatoms. The van der Waals surface area contributed by atoms with E-state index in [1.165, 1.54) is 24.3 Å². The smallest absolute Gasteiger partial charge is 0.349 e. The Morgan fingerprint density at radius 1 is 0.821 bits per heavy atom. The average Bonchev–Trinajstić information content (AvgIpc) is 2.66. The third kappa shape index (κ3) is 5.84. The van der Waals surface area contributed by atoms with Gasteiger partial charge in [0, 0.05) is 11.4 Å². The number of carbonyl (C=O) groups excluding carboxylic acids is 2. The van der Waals surface area contributed by atoms with Crippen molar-refractivity contribution in [2.24, 2.45) is 0 Å². The number of anilines is 2. The molecule has 6 nitrogen and oxygen atoms in total. The molecule has 2 aromatic carbocycles. The summed E-state index contributed by atoms with van der Waals surface area (Å²) in [6.45, 7) is 5.41. The van der Waals surface area contributed by atoms with Crippen LogP contribution in [0.4, 0.5) is 15.8 Å². The summed E-state index contributed by atoms with van der Waals surface area (Å²) in [5.41, 5.74) is 1.86. The molecule has 0 fully saturated rings. The van der Waals surface area contributed by atoms with E-state index in [1.807, 2.05) is 19.1 Å². The first-order valence-corrected chi connectivity index (χ1v) is 8.89. The molecule has 0 aliphatic carbocycles. The first-order chi connectivity index (χ1) is 13.4. The molecule has 0 saturated carbocycles. The number of aryl methyl sites for hydroxylation is 1. The van der Waals surface area contributed by atoms with Gasteiger partial charge in [0.05, 0.1) is 13.2 Å². The molecule has 0 bridgehead atoms. The molecule has 0 aliphatic rings. The van der Waals surface area contributed by atoms with Gasteiger partial charge in [0.1, 0.15) is 11.6 Å². The van der Waals surface area contributed by atoms with Crippen LogP contribution in [0, 0.1) is 12.7 Å². The highest BCUT2D eigenvalue weighted by Crippen LogP contribution is 2.19. The Balaban J connectivity index is 2.50. The van der Waals surface area contributed by atoms with Crippen LogP contribution in [-0.4, -0.2) is 25.2 Å². The van der Waals surface area contributed by atoms with Gasteiger partial charge >= 0.3 is 11.9 Å². The number of halogens is 1. The van der Waals surface area contributed by atoms with E-state index >= 15 is 0 Å². The lowest BCUT2D eigenvalue weighted by Crippen LogP contribution is -2.26. The molecular formula is C21H23FN2O4. The molecular weight excluding hydrogens is 363 g/mol. The number of hydrogen-bond donors (Lipinski definition) is 2. The summed E-state index contributed by atoms with van der Waals surface area (Å²) in [7, 11) is 0. The van der Waals surface area contributed by atoms with Crippen LogP contribution in [0.15, 0.2) is 59.9 Å². The lowest BCUT2D eigenvalue weighted by atomic mass is 10.2. The van der Waals surface area contributed by atoms with Gasteiger partial charge in [-0.25, -0.2) is 14.0 Å². The zero-order valence-corrected chi connectivity index (χ0v) is 16.0. The average molecular weight is 386 g/mol. The molecule has 28 heavy (non-hydrogen) atoms. The molecule has 0 heterocycles. The Morgan fingerprint density at radius 3 is 1.68 bits per heavy atom. The number of hydrogen-bond acceptors (Lipinski definition) is 6. The van der Waals surface area contributed by atoms with Crippen LogP contribution in [0.1, 0.15) is 19.4 Å². The van der Waals surface area contributed by atoms with Gasteiger partial charge in [-0.05, 0) is 57.2 Å². The standard InChI is InChI=1S/C21H23FN2O4/c1-4-27-20(25)18(21(26)28-5-2)19(23-16-10-6-14(3)7-11-16)24-17-12-8-15(22)9-13-17/h6-13,23-24H,4-5H2,1-3H3. The van der Waals surface area contributed by atoms with Crippen molar-refractivity contribution in [1.82, 2.24) is 0 Å². The highest BCUT2D eigenvalue weighted by molar-refractivity contribution is 6.15. The van der Waals surface area contributed by atoms with E-state index in [-0.39, 0.29) is 24.6 Å². The molecule has 0 aromatic heterocycles. The lowest BCUT2D eigenvalue weighted by molar-refractivity contribution is -0.146. The zero-order chi connectivity index (χ0) is 20.5. The number of nitrogens with one attached hydrogen (secondary N) is 2. The van der Waals surface area contributed by atoms with Gasteiger partial charge in [0.15, 0.2) is 5.57 Å². The summed E-state index contributed by atoms with van der Waals surface area (Å²) in [5, 5.41) is 5.97. The molecule has 0 amide bonds. The minimum atomic E-state index is -0.829. The van der Waals surface area contributed by atoms with Gasteiger partial charge in [-0.15, -0.1) is 0 Å². The van der Waals surface area contributed by atoms with Crippen molar-refractivity contribution in [2.45, 2.75) is 20.8 Å². The van der Waals surface area contributed by atoms with Gasteiger partial charge in [0.25, 0.3) is 0 Å². The Kier molecular flexibility index (Phi) is 7.56. The second-order valence-electron chi connectivity index (χ2n) is 5.81. The van der Waals surface area contributed by atoms with Crippen molar-refractivity contribution >= 4 is 23.3 Å². The van der Waals surface area contributed by atoms with Crippen molar-refractivity contribution in [3.8, 4) is 0 Å². The molecule has 148 valence electrons. The molecule has 0 saturated heterocycles. The summed E-state index contributed by atoms with van der Waals surface area (Å²) in [5.74, 6) is -1.98. The third-order valence-electron chi connectivity index (χ3n) is 3.64. The Hall–Kier alpha value is -3.35. The van der Waals surface area contributed by atoms with Crippen molar-refractivity contribution in [3.63, 3.8) is 0 Å². The van der Waals surface area contributed by atoms with Crippen LogP contribution in [0.25, 0.3) is 0 Å². The summed E-state index contributed by atoms with van der Waals surface area (Å²) < 4.78 is 23.3. The maximum absolute atomic E-state index is 13.2. The van der Waals surface area contributed by atoms with Crippen LogP contribution in [0.2, 0.25) is 0 Å². The Labute approximate surface area is 163 Å². The van der Waals surface area contributed by atoms with Crippen molar-refractivity contribution in [3.05, 3.63) is 71.3 Å². The third-order valence-corrected chi connectivity index (χ3v) is 3.64. The van der Waals surface area contributed by atoms with Crippen molar-refractivity contribution < 1.29 is 23.5 Å². The second-order valence-corrected chi connectivity index (χ2v) is 5.81. The summed E-state index contributed by atoms with van der Waals surface area (Å²) >= 11 is 0. The van der Waals surface area contributed by atoms with E-state index in [9.17, 15) is 14.0 Å². The van der Waals surface area contributed by atoms with Gasteiger partial charge in [-0.1, -0.05) is 17.7 Å². The van der Waals surface area contributed by atoms with Crippen LogP contribution >= 0.6 is 0 Å². The summed E-state index contributed by atoms with van der Waals surface area (Å²) in [6, 6.07) is 12.9. The number of ether oxygens (including phenoxy) is 2. The minimum Gasteiger partial charge on any atom is -0.462 e. The first-order valence-electron chi connectivity index (χ1n) is 8.89. The second kappa shape index (κ2) is 10.1. The molecule has 2 aromatic rings. The molecule has 2 rings (SSSR count). The SMILES string of the molecule is CCOC(=O)C(C(=O)OCC)=C(Nc1ccc(C)cc1)Nc1ccc(F)cc1. The number of esters is 2. The number of rotatable bonds is 8. The topological polar surface area (TPSA) is 76.7 Å². The fraction of sp³-hybridized carbons (Fsp3) is 0.238. The van der Waals surface area contributed by atoms with Crippen molar-refractivity contribution in [1.29, 1.82) is 0 Å². The summed E-state index contributed by atoms with van der Waals surface area (Å²) in [4.78, 5) is 24.9. The zero-order valence-electron chi connectivity index (χ0n) is 16.0. The fourth-order valence-electron chi connectivity index (χ4n) is 2.31. The molecule has 2 N–H and O–H groups in total. The lowest BCUT2D eigenvalue weighted by Gasteiger charge is -2.18. The molecule has 0 aliphatic heterocycles. The maximum Gasteiger partial charge on any atom is 0.349 e. The van der Waals surface area contributed by atoms with Crippen LogP contribution < -0.4 is 10.6 Å². The predicted molar refractivity (Wildman–Crippen MR) is 105 cm³/mol. The van der Waals surface area contributed by atoms with Crippen LogP contribution in [0.5, 0.6) is 0 Å². The predicted octanol–water partition coefficient (Wildman–Crippen LogP) is 4.00. The van der Waals surface area contributed by atoms with E-state index in [0.717, 1.165) is 5.56 Å². The van der Waals surface area contributed by atoms with Gasteiger partial charge < -0.3 is 20.1 Å². The largest absolute Gasteiger partial charge is 0.462 e. The fourth-order valence-corrected chi connectivity index (χ4v) is 2.31. The van der Waals surface area contributed by atoms with E-state index in [1.54, 1.807) is 26.0 Å². The molecule has 0 radical (unpaired) electrons. The normalized spacial score (nSPS) is 10.0. The molecule has 0 unspecified atom stereocenters. The van der Waals surface area contributed by atoms with Crippen molar-refractivity contribution in [2.75, 3.05) is 23.8 Å². The number of benzene rings is 2. The highest BCUT2D eigenvalue weighted by atomic mass is 19.1. The van der Waals surface area contributed by atoms with E-state index in [4.69, 9.17) is 9.47 Å². The van der Waals surface area contributed by atoms with Crippen LogP contribution in [0.3, 0.4) is 0 Å².